The molecule has 0 aromatic heterocycles. The smallest absolute Gasteiger partial charge is 0.166 e. The van der Waals surface area contributed by atoms with Gasteiger partial charge in [-0.2, -0.15) is 0 Å². The SMILES string of the molecule is CC1=C(C)C(C(C)C(=O)c2ccccc2)C(C)=C1C. The van der Waals surface area contributed by atoms with Gasteiger partial charge in [-0.3, -0.25) is 4.79 Å². The van der Waals surface area contributed by atoms with Crippen LogP contribution in [0, 0.1) is 11.8 Å². The van der Waals surface area contributed by atoms with Crippen molar-refractivity contribution in [3.8, 4) is 0 Å². The van der Waals surface area contributed by atoms with Crippen LogP contribution in [-0.4, -0.2) is 5.78 Å². The van der Waals surface area contributed by atoms with Crippen molar-refractivity contribution < 1.29 is 4.79 Å². The van der Waals surface area contributed by atoms with E-state index < -0.39 is 0 Å². The Bertz CT molecular complexity index is 537. The second kappa shape index (κ2) is 5.16. The van der Waals surface area contributed by atoms with Gasteiger partial charge in [-0.1, -0.05) is 48.4 Å². The van der Waals surface area contributed by atoms with Gasteiger partial charge in [-0.05, 0) is 38.8 Å². The number of rotatable bonds is 3. The average molecular weight is 254 g/mol. The molecule has 2 rings (SSSR count). The molecule has 0 bridgehead atoms. The highest BCUT2D eigenvalue weighted by atomic mass is 16.1. The second-order valence-corrected chi connectivity index (χ2v) is 5.61. The third-order valence-corrected chi connectivity index (χ3v) is 4.65. The van der Waals surface area contributed by atoms with Crippen molar-refractivity contribution in [3.05, 3.63) is 58.2 Å². The molecule has 0 saturated heterocycles. The van der Waals surface area contributed by atoms with Crippen molar-refractivity contribution in [2.24, 2.45) is 11.8 Å². The molecule has 0 fully saturated rings. The van der Waals surface area contributed by atoms with Gasteiger partial charge in [-0.25, -0.2) is 0 Å². The number of allylic oxidation sites excluding steroid dienone is 4. The molecule has 1 aliphatic carbocycles. The number of ketones is 1. The number of hydrogen-bond acceptors (Lipinski definition) is 1. The molecule has 1 aliphatic rings. The maximum absolute atomic E-state index is 12.6. The van der Waals surface area contributed by atoms with E-state index in [-0.39, 0.29) is 17.6 Å². The zero-order valence-electron chi connectivity index (χ0n) is 12.4. The summed E-state index contributed by atoms with van der Waals surface area (Å²) in [6.45, 7) is 10.7. The molecule has 1 heteroatoms. The fourth-order valence-corrected chi connectivity index (χ4v) is 3.15. The number of carbonyl (C=O) groups is 1. The molecule has 0 heterocycles. The van der Waals surface area contributed by atoms with Crippen LogP contribution in [0.15, 0.2) is 52.6 Å². The van der Waals surface area contributed by atoms with Crippen molar-refractivity contribution >= 4 is 5.78 Å². The summed E-state index contributed by atoms with van der Waals surface area (Å²) < 4.78 is 0. The summed E-state index contributed by atoms with van der Waals surface area (Å²) in [6.07, 6.45) is 0. The van der Waals surface area contributed by atoms with Gasteiger partial charge in [0.15, 0.2) is 5.78 Å². The fraction of sp³-hybridized carbons (Fsp3) is 0.389. The van der Waals surface area contributed by atoms with Crippen molar-refractivity contribution in [3.63, 3.8) is 0 Å². The monoisotopic (exact) mass is 254 g/mol. The first-order chi connectivity index (χ1) is 8.95. The lowest BCUT2D eigenvalue weighted by molar-refractivity contribution is 0.0909. The van der Waals surface area contributed by atoms with Crippen molar-refractivity contribution in [1.29, 1.82) is 0 Å². The van der Waals surface area contributed by atoms with Gasteiger partial charge >= 0.3 is 0 Å². The van der Waals surface area contributed by atoms with Crippen LogP contribution in [0.4, 0.5) is 0 Å². The lowest BCUT2D eigenvalue weighted by atomic mass is 9.80. The Labute approximate surface area is 116 Å². The molecule has 1 aromatic rings. The Hall–Kier alpha value is -1.63. The molecule has 1 atom stereocenters. The third-order valence-electron chi connectivity index (χ3n) is 4.65. The average Bonchev–Trinajstić information content (AvgIpc) is 2.62. The van der Waals surface area contributed by atoms with Crippen LogP contribution in [0.25, 0.3) is 0 Å². The lowest BCUT2D eigenvalue weighted by Gasteiger charge is -2.22. The van der Waals surface area contributed by atoms with E-state index >= 15 is 0 Å². The Morgan fingerprint density at radius 2 is 1.42 bits per heavy atom. The van der Waals surface area contributed by atoms with Gasteiger partial charge < -0.3 is 0 Å². The summed E-state index contributed by atoms with van der Waals surface area (Å²) in [5.41, 5.74) is 6.24. The number of carbonyl (C=O) groups excluding carboxylic acids is 1. The van der Waals surface area contributed by atoms with Gasteiger partial charge in [0, 0.05) is 17.4 Å². The molecule has 0 saturated carbocycles. The van der Waals surface area contributed by atoms with E-state index in [1.165, 1.54) is 22.3 Å². The predicted octanol–water partition coefficient (Wildman–Crippen LogP) is 4.81. The minimum absolute atomic E-state index is 0.00907. The predicted molar refractivity (Wildman–Crippen MR) is 80.2 cm³/mol. The molecule has 0 spiro atoms. The minimum atomic E-state index is 0.00907. The Balaban J connectivity index is 2.32. The van der Waals surface area contributed by atoms with Gasteiger partial charge in [0.25, 0.3) is 0 Å². The quantitative estimate of drug-likeness (QED) is 0.707. The molecular weight excluding hydrogens is 232 g/mol. The molecule has 100 valence electrons. The minimum Gasteiger partial charge on any atom is -0.294 e. The molecule has 0 aliphatic heterocycles. The van der Waals surface area contributed by atoms with E-state index in [4.69, 9.17) is 0 Å². The third kappa shape index (κ3) is 2.30. The van der Waals surface area contributed by atoms with Crippen LogP contribution in [0.3, 0.4) is 0 Å². The highest BCUT2D eigenvalue weighted by Gasteiger charge is 2.32. The molecule has 1 nitrogen and oxygen atoms in total. The Morgan fingerprint density at radius 3 is 1.89 bits per heavy atom. The lowest BCUT2D eigenvalue weighted by Crippen LogP contribution is -2.22. The molecular formula is C18H22O. The van der Waals surface area contributed by atoms with E-state index in [9.17, 15) is 4.79 Å². The van der Waals surface area contributed by atoms with E-state index in [0.717, 1.165) is 5.56 Å². The Morgan fingerprint density at radius 1 is 0.947 bits per heavy atom. The fourth-order valence-electron chi connectivity index (χ4n) is 3.15. The van der Waals surface area contributed by atoms with Crippen molar-refractivity contribution in [2.45, 2.75) is 34.6 Å². The first kappa shape index (κ1) is 13.8. The molecule has 1 unspecified atom stereocenters. The summed E-state index contributed by atoms with van der Waals surface area (Å²) in [5, 5.41) is 0. The van der Waals surface area contributed by atoms with E-state index in [2.05, 4.69) is 34.6 Å². The summed E-state index contributed by atoms with van der Waals surface area (Å²) in [5.74, 6) is 0.523. The maximum atomic E-state index is 12.6. The summed E-state index contributed by atoms with van der Waals surface area (Å²) >= 11 is 0. The van der Waals surface area contributed by atoms with Gasteiger partial charge in [0.2, 0.25) is 0 Å². The van der Waals surface area contributed by atoms with Crippen molar-refractivity contribution in [2.75, 3.05) is 0 Å². The largest absolute Gasteiger partial charge is 0.294 e. The van der Waals surface area contributed by atoms with E-state index in [1.807, 2.05) is 30.3 Å². The maximum Gasteiger partial charge on any atom is 0.166 e. The normalized spacial score (nSPS) is 18.2. The van der Waals surface area contributed by atoms with Crippen molar-refractivity contribution in [1.82, 2.24) is 0 Å². The van der Waals surface area contributed by atoms with Crippen LogP contribution >= 0.6 is 0 Å². The van der Waals surface area contributed by atoms with Crippen LogP contribution in [-0.2, 0) is 0 Å². The van der Waals surface area contributed by atoms with Gasteiger partial charge in [0.05, 0.1) is 0 Å². The molecule has 19 heavy (non-hydrogen) atoms. The zero-order valence-corrected chi connectivity index (χ0v) is 12.4. The zero-order chi connectivity index (χ0) is 14.2. The van der Waals surface area contributed by atoms with E-state index in [0.29, 0.717) is 0 Å². The number of hydrogen-bond donors (Lipinski definition) is 0. The highest BCUT2D eigenvalue weighted by molar-refractivity contribution is 5.98. The molecule has 0 radical (unpaired) electrons. The Kier molecular flexibility index (Phi) is 3.75. The molecule has 0 amide bonds. The molecule has 0 N–H and O–H groups in total. The summed E-state index contributed by atoms with van der Waals surface area (Å²) in [7, 11) is 0. The van der Waals surface area contributed by atoms with Gasteiger partial charge in [0.1, 0.15) is 0 Å². The van der Waals surface area contributed by atoms with Crippen LogP contribution in [0.2, 0.25) is 0 Å². The highest BCUT2D eigenvalue weighted by Crippen LogP contribution is 2.41. The van der Waals surface area contributed by atoms with Crippen LogP contribution in [0.1, 0.15) is 45.0 Å². The summed E-state index contributed by atoms with van der Waals surface area (Å²) in [6, 6.07) is 9.62. The molecule has 1 aromatic carbocycles. The standard InChI is InChI=1S/C18H22O/c1-11-12(2)14(4)17(13(11)3)15(5)18(19)16-9-7-6-8-10-16/h6-10,15,17H,1-5H3. The topological polar surface area (TPSA) is 17.1 Å². The number of Topliss-reactive ketones (excluding diaryl/α,β-unsaturated/α-hetero) is 1. The second-order valence-electron chi connectivity index (χ2n) is 5.61. The van der Waals surface area contributed by atoms with E-state index in [1.54, 1.807) is 0 Å². The first-order valence-corrected chi connectivity index (χ1v) is 6.89. The summed E-state index contributed by atoms with van der Waals surface area (Å²) in [4.78, 5) is 12.6. The van der Waals surface area contributed by atoms with Crippen LogP contribution in [0.5, 0.6) is 0 Å². The number of benzene rings is 1. The first-order valence-electron chi connectivity index (χ1n) is 6.89. The van der Waals surface area contributed by atoms with Crippen LogP contribution < -0.4 is 0 Å². The van der Waals surface area contributed by atoms with Gasteiger partial charge in [-0.15, -0.1) is 0 Å².